The van der Waals surface area contributed by atoms with Crippen molar-refractivity contribution in [2.75, 3.05) is 10.6 Å². The van der Waals surface area contributed by atoms with E-state index in [0.717, 1.165) is 4.68 Å². The van der Waals surface area contributed by atoms with Crippen LogP contribution in [-0.4, -0.2) is 25.1 Å². The molecule has 4 aromatic rings. The monoisotopic (exact) mass is 378 g/mol. The van der Waals surface area contributed by atoms with Gasteiger partial charge < -0.3 is 10.6 Å². The van der Waals surface area contributed by atoms with Crippen LogP contribution in [-0.2, 0) is 11.3 Å². The third-order valence-corrected chi connectivity index (χ3v) is 3.92. The number of carbonyl (C=O) groups is 1. The number of hydrogen-bond acceptors (Lipinski definition) is 5. The molecule has 1 amide bonds. The van der Waals surface area contributed by atoms with Crippen LogP contribution >= 0.6 is 0 Å². The summed E-state index contributed by atoms with van der Waals surface area (Å²) in [5.41, 5.74) is 0.800. The van der Waals surface area contributed by atoms with Crippen LogP contribution in [0.25, 0.3) is 5.78 Å². The maximum absolute atomic E-state index is 13.0. The Labute approximate surface area is 158 Å². The molecular formula is C19H15FN6O2. The lowest BCUT2D eigenvalue weighted by Crippen LogP contribution is -2.28. The minimum Gasteiger partial charge on any atom is -0.340 e. The molecule has 140 valence electrons. The highest BCUT2D eigenvalue weighted by Crippen LogP contribution is 2.14. The zero-order chi connectivity index (χ0) is 19.5. The standard InChI is InChI=1S/C19H15FN6O2/c20-13-6-8-15(9-7-13)21-16-10-11-25-18(23-16)24-26(19(25)28)12-17(27)22-14-4-2-1-3-5-14/h1-11H,12H2,(H,22,27)(H,21,23,24). The predicted octanol–water partition coefficient (Wildman–Crippen LogP) is 2.41. The predicted molar refractivity (Wildman–Crippen MR) is 102 cm³/mol. The maximum Gasteiger partial charge on any atom is 0.352 e. The van der Waals surface area contributed by atoms with E-state index >= 15 is 0 Å². The zero-order valence-corrected chi connectivity index (χ0v) is 14.5. The van der Waals surface area contributed by atoms with Crippen molar-refractivity contribution in [3.8, 4) is 0 Å². The third-order valence-electron chi connectivity index (χ3n) is 3.92. The van der Waals surface area contributed by atoms with Crippen molar-refractivity contribution in [3.63, 3.8) is 0 Å². The molecule has 0 aliphatic rings. The van der Waals surface area contributed by atoms with Crippen molar-refractivity contribution < 1.29 is 9.18 Å². The smallest absolute Gasteiger partial charge is 0.340 e. The number of carbonyl (C=O) groups excluding carboxylic acids is 1. The first-order valence-corrected chi connectivity index (χ1v) is 8.42. The van der Waals surface area contributed by atoms with Crippen LogP contribution in [0.3, 0.4) is 0 Å². The van der Waals surface area contributed by atoms with Gasteiger partial charge in [0.15, 0.2) is 0 Å². The number of anilines is 3. The molecule has 0 radical (unpaired) electrons. The van der Waals surface area contributed by atoms with Crippen LogP contribution in [0.4, 0.5) is 21.6 Å². The quantitative estimate of drug-likeness (QED) is 0.556. The molecule has 28 heavy (non-hydrogen) atoms. The Morgan fingerprint density at radius 2 is 1.75 bits per heavy atom. The number of halogens is 1. The summed E-state index contributed by atoms with van der Waals surface area (Å²) in [5.74, 6) is -0.135. The second kappa shape index (κ2) is 7.31. The number of fused-ring (bicyclic) bond motifs is 1. The molecule has 2 aromatic carbocycles. The zero-order valence-electron chi connectivity index (χ0n) is 14.5. The van der Waals surface area contributed by atoms with E-state index < -0.39 is 5.69 Å². The first-order chi connectivity index (χ1) is 13.6. The number of nitrogens with one attached hydrogen (secondary N) is 2. The molecule has 0 aliphatic heterocycles. The van der Waals surface area contributed by atoms with Crippen molar-refractivity contribution in [1.29, 1.82) is 0 Å². The summed E-state index contributed by atoms with van der Waals surface area (Å²) in [6, 6.07) is 16.3. The van der Waals surface area contributed by atoms with Crippen LogP contribution in [0, 0.1) is 5.82 Å². The van der Waals surface area contributed by atoms with Gasteiger partial charge in [0.25, 0.3) is 5.78 Å². The Balaban J connectivity index is 1.53. The Bertz CT molecular complexity index is 1180. The van der Waals surface area contributed by atoms with Crippen LogP contribution in [0.5, 0.6) is 0 Å². The average Bonchev–Trinajstić information content (AvgIpc) is 2.99. The van der Waals surface area contributed by atoms with Gasteiger partial charge in [0.1, 0.15) is 18.2 Å². The number of rotatable bonds is 5. The van der Waals surface area contributed by atoms with E-state index in [9.17, 15) is 14.0 Å². The molecule has 0 saturated carbocycles. The summed E-state index contributed by atoms with van der Waals surface area (Å²) in [5, 5.41) is 9.81. The lowest BCUT2D eigenvalue weighted by Gasteiger charge is -2.04. The molecule has 8 nitrogen and oxygen atoms in total. The van der Waals surface area contributed by atoms with Crippen molar-refractivity contribution >= 4 is 28.9 Å². The summed E-state index contributed by atoms with van der Waals surface area (Å²) in [6.07, 6.45) is 1.51. The summed E-state index contributed by atoms with van der Waals surface area (Å²) in [7, 11) is 0. The van der Waals surface area contributed by atoms with Gasteiger partial charge in [-0.15, -0.1) is 5.10 Å². The van der Waals surface area contributed by atoms with Gasteiger partial charge in [-0.3, -0.25) is 4.79 Å². The molecule has 0 bridgehead atoms. The molecule has 0 atom stereocenters. The molecule has 0 spiro atoms. The van der Waals surface area contributed by atoms with Gasteiger partial charge in [-0.25, -0.2) is 18.3 Å². The lowest BCUT2D eigenvalue weighted by molar-refractivity contribution is -0.117. The Morgan fingerprint density at radius 1 is 1.00 bits per heavy atom. The van der Waals surface area contributed by atoms with Gasteiger partial charge in [-0.2, -0.15) is 4.98 Å². The van der Waals surface area contributed by atoms with Crippen LogP contribution < -0.4 is 16.3 Å². The molecule has 2 N–H and O–H groups in total. The van der Waals surface area contributed by atoms with Gasteiger partial charge in [0, 0.05) is 17.6 Å². The van der Waals surface area contributed by atoms with Gasteiger partial charge in [0.05, 0.1) is 0 Å². The van der Waals surface area contributed by atoms with Crippen LogP contribution in [0.2, 0.25) is 0 Å². The van der Waals surface area contributed by atoms with E-state index in [1.807, 2.05) is 6.07 Å². The number of amides is 1. The lowest BCUT2D eigenvalue weighted by atomic mass is 10.3. The van der Waals surface area contributed by atoms with Gasteiger partial charge in [0.2, 0.25) is 5.91 Å². The van der Waals surface area contributed by atoms with E-state index in [0.29, 0.717) is 17.2 Å². The first-order valence-electron chi connectivity index (χ1n) is 8.42. The fraction of sp³-hybridized carbons (Fsp3) is 0.0526. The highest BCUT2D eigenvalue weighted by atomic mass is 19.1. The van der Waals surface area contributed by atoms with Crippen molar-refractivity contribution in [3.05, 3.63) is 83.2 Å². The highest BCUT2D eigenvalue weighted by molar-refractivity contribution is 5.90. The van der Waals surface area contributed by atoms with Gasteiger partial charge >= 0.3 is 5.69 Å². The second-order valence-corrected chi connectivity index (χ2v) is 5.97. The molecule has 2 heterocycles. The third kappa shape index (κ3) is 3.73. The van der Waals surface area contributed by atoms with Crippen molar-refractivity contribution in [2.45, 2.75) is 6.54 Å². The van der Waals surface area contributed by atoms with E-state index in [2.05, 4.69) is 20.7 Å². The normalized spacial score (nSPS) is 10.8. The van der Waals surface area contributed by atoms with E-state index in [4.69, 9.17) is 0 Å². The van der Waals surface area contributed by atoms with Crippen molar-refractivity contribution in [1.82, 2.24) is 19.2 Å². The Kier molecular flexibility index (Phi) is 4.55. The summed E-state index contributed by atoms with van der Waals surface area (Å²) >= 11 is 0. The summed E-state index contributed by atoms with van der Waals surface area (Å²) in [4.78, 5) is 28.8. The van der Waals surface area contributed by atoms with E-state index in [1.54, 1.807) is 42.5 Å². The fourth-order valence-electron chi connectivity index (χ4n) is 2.62. The highest BCUT2D eigenvalue weighted by Gasteiger charge is 2.12. The molecule has 0 aliphatic carbocycles. The minimum absolute atomic E-state index is 0.143. The second-order valence-electron chi connectivity index (χ2n) is 5.97. The van der Waals surface area contributed by atoms with Crippen LogP contribution in [0.1, 0.15) is 0 Å². The number of benzene rings is 2. The molecule has 9 heteroatoms. The molecule has 0 fully saturated rings. The first kappa shape index (κ1) is 17.4. The average molecular weight is 378 g/mol. The molecule has 4 rings (SSSR count). The molecule has 0 unspecified atom stereocenters. The molecular weight excluding hydrogens is 363 g/mol. The molecule has 2 aromatic heterocycles. The Hall–Kier alpha value is -4.01. The van der Waals surface area contributed by atoms with E-state index in [1.165, 1.54) is 22.7 Å². The largest absolute Gasteiger partial charge is 0.352 e. The number of hydrogen-bond donors (Lipinski definition) is 2. The van der Waals surface area contributed by atoms with Crippen LogP contribution in [0.15, 0.2) is 71.7 Å². The summed E-state index contributed by atoms with van der Waals surface area (Å²) < 4.78 is 15.3. The number of nitrogens with zero attached hydrogens (tertiary/aromatic N) is 4. The van der Waals surface area contributed by atoms with Gasteiger partial charge in [-0.1, -0.05) is 18.2 Å². The Morgan fingerprint density at radius 3 is 2.50 bits per heavy atom. The topological polar surface area (TPSA) is 93.3 Å². The molecule has 0 saturated heterocycles. The number of para-hydroxylation sites is 1. The van der Waals surface area contributed by atoms with E-state index in [-0.39, 0.29) is 24.0 Å². The minimum atomic E-state index is -0.473. The van der Waals surface area contributed by atoms with Gasteiger partial charge in [-0.05, 0) is 42.5 Å². The maximum atomic E-state index is 13.0. The SMILES string of the molecule is O=C(Cn1nc2nc(Nc3ccc(F)cc3)ccn2c1=O)Nc1ccccc1. The number of aromatic nitrogens is 4. The van der Waals surface area contributed by atoms with Crippen molar-refractivity contribution in [2.24, 2.45) is 0 Å². The summed E-state index contributed by atoms with van der Waals surface area (Å²) in [6.45, 7) is -0.238. The fourth-order valence-corrected chi connectivity index (χ4v) is 2.62.